The van der Waals surface area contributed by atoms with Crippen molar-refractivity contribution in [3.63, 3.8) is 0 Å². The van der Waals surface area contributed by atoms with Crippen LogP contribution in [-0.2, 0) is 13.0 Å². The average molecular weight is 294 g/mol. The first-order valence-electron chi connectivity index (χ1n) is 6.44. The van der Waals surface area contributed by atoms with Gasteiger partial charge in [-0.05, 0) is 35.6 Å². The van der Waals surface area contributed by atoms with E-state index in [9.17, 15) is 13.2 Å². The van der Waals surface area contributed by atoms with Crippen LogP contribution in [0.15, 0.2) is 48.5 Å². The average Bonchev–Trinajstić information content (AvgIpc) is 2.45. The van der Waals surface area contributed by atoms with Gasteiger partial charge in [-0.25, -0.2) is 0 Å². The van der Waals surface area contributed by atoms with Gasteiger partial charge in [-0.2, -0.15) is 0 Å². The number of nitrogens with two attached hydrogens (primary N) is 1. The van der Waals surface area contributed by atoms with E-state index < -0.39 is 6.36 Å². The van der Waals surface area contributed by atoms with E-state index in [4.69, 9.17) is 5.73 Å². The summed E-state index contributed by atoms with van der Waals surface area (Å²) in [7, 11) is 0. The molecule has 0 aromatic heterocycles. The van der Waals surface area contributed by atoms with Crippen molar-refractivity contribution < 1.29 is 17.9 Å². The molecule has 2 aromatic carbocycles. The fourth-order valence-corrected chi connectivity index (χ4v) is 2.04. The SMILES string of the molecule is NCc1ccccc1[CH]Cc1ccccc1OC(F)(F)F. The molecular weight excluding hydrogens is 279 g/mol. The highest BCUT2D eigenvalue weighted by molar-refractivity contribution is 5.39. The van der Waals surface area contributed by atoms with Crippen LogP contribution < -0.4 is 10.5 Å². The Morgan fingerprint density at radius 3 is 2.24 bits per heavy atom. The molecule has 0 fully saturated rings. The summed E-state index contributed by atoms with van der Waals surface area (Å²) in [6.07, 6.45) is -2.50. The first-order valence-corrected chi connectivity index (χ1v) is 6.44. The largest absolute Gasteiger partial charge is 0.573 e. The second-order valence-corrected chi connectivity index (χ2v) is 4.47. The number of benzene rings is 2. The number of rotatable bonds is 5. The highest BCUT2D eigenvalue weighted by Gasteiger charge is 2.31. The van der Waals surface area contributed by atoms with E-state index in [1.165, 1.54) is 12.1 Å². The van der Waals surface area contributed by atoms with Crippen LogP contribution in [0.25, 0.3) is 0 Å². The second kappa shape index (κ2) is 6.63. The summed E-state index contributed by atoms with van der Waals surface area (Å²) >= 11 is 0. The maximum Gasteiger partial charge on any atom is 0.573 e. The van der Waals surface area contributed by atoms with Crippen LogP contribution in [0.5, 0.6) is 5.75 Å². The first-order chi connectivity index (χ1) is 9.99. The molecule has 0 aliphatic carbocycles. The van der Waals surface area contributed by atoms with E-state index in [0.29, 0.717) is 18.5 Å². The summed E-state index contributed by atoms with van der Waals surface area (Å²) in [5, 5.41) is 0. The number of ether oxygens (including phenoxy) is 1. The van der Waals surface area contributed by atoms with Crippen LogP contribution in [-0.4, -0.2) is 6.36 Å². The van der Waals surface area contributed by atoms with Crippen LogP contribution in [0.1, 0.15) is 16.7 Å². The van der Waals surface area contributed by atoms with E-state index in [1.807, 2.05) is 30.7 Å². The smallest absolute Gasteiger partial charge is 0.406 e. The minimum Gasteiger partial charge on any atom is -0.406 e. The fraction of sp³-hybridized carbons (Fsp3) is 0.188. The predicted molar refractivity (Wildman–Crippen MR) is 74.6 cm³/mol. The molecule has 2 N–H and O–H groups in total. The Morgan fingerprint density at radius 1 is 0.952 bits per heavy atom. The number of halogens is 3. The van der Waals surface area contributed by atoms with Crippen LogP contribution in [0.4, 0.5) is 13.2 Å². The number of alkyl halides is 3. The summed E-state index contributed by atoms with van der Waals surface area (Å²) in [5.41, 5.74) is 7.98. The Hall–Kier alpha value is -2.01. The molecule has 0 aliphatic heterocycles. The van der Waals surface area contributed by atoms with Gasteiger partial charge in [0.05, 0.1) is 0 Å². The van der Waals surface area contributed by atoms with Crippen LogP contribution in [0.2, 0.25) is 0 Å². The summed E-state index contributed by atoms with van der Waals surface area (Å²) in [4.78, 5) is 0. The predicted octanol–water partition coefficient (Wildman–Crippen LogP) is 3.84. The molecule has 0 saturated heterocycles. The van der Waals surface area contributed by atoms with Crippen molar-refractivity contribution in [1.29, 1.82) is 0 Å². The molecule has 0 amide bonds. The summed E-state index contributed by atoms with van der Waals surface area (Å²) < 4.78 is 41.1. The minimum atomic E-state index is -4.69. The molecule has 0 aliphatic rings. The second-order valence-electron chi connectivity index (χ2n) is 4.47. The van der Waals surface area contributed by atoms with Gasteiger partial charge in [0, 0.05) is 6.54 Å². The lowest BCUT2D eigenvalue weighted by Crippen LogP contribution is -2.18. The number of para-hydroxylation sites is 1. The first kappa shape index (κ1) is 15.4. The Kier molecular flexibility index (Phi) is 4.85. The van der Waals surface area contributed by atoms with Gasteiger partial charge in [-0.15, -0.1) is 13.2 Å². The molecule has 2 nitrogen and oxygen atoms in total. The highest BCUT2D eigenvalue weighted by Crippen LogP contribution is 2.27. The van der Waals surface area contributed by atoms with Crippen molar-refractivity contribution in [1.82, 2.24) is 0 Å². The molecule has 1 radical (unpaired) electrons. The zero-order valence-electron chi connectivity index (χ0n) is 11.2. The molecule has 2 aromatic rings. The molecule has 0 saturated carbocycles. The maximum atomic E-state index is 12.4. The molecule has 0 heterocycles. The van der Waals surface area contributed by atoms with Gasteiger partial charge in [0.25, 0.3) is 0 Å². The maximum absolute atomic E-state index is 12.4. The van der Waals surface area contributed by atoms with Crippen molar-refractivity contribution >= 4 is 0 Å². The van der Waals surface area contributed by atoms with Crippen molar-refractivity contribution in [3.8, 4) is 5.75 Å². The van der Waals surface area contributed by atoms with E-state index >= 15 is 0 Å². The summed E-state index contributed by atoms with van der Waals surface area (Å²) in [5.74, 6) is -0.175. The van der Waals surface area contributed by atoms with Crippen molar-refractivity contribution in [2.45, 2.75) is 19.3 Å². The minimum absolute atomic E-state index is 0.175. The Bertz CT molecular complexity index is 596. The molecule has 111 valence electrons. The topological polar surface area (TPSA) is 35.2 Å². The van der Waals surface area contributed by atoms with E-state index in [1.54, 1.807) is 12.1 Å². The molecule has 0 unspecified atom stereocenters. The van der Waals surface area contributed by atoms with E-state index in [2.05, 4.69) is 4.74 Å². The van der Waals surface area contributed by atoms with Gasteiger partial charge in [0.1, 0.15) is 5.75 Å². The highest BCUT2D eigenvalue weighted by atomic mass is 19.4. The lowest BCUT2D eigenvalue weighted by molar-refractivity contribution is -0.274. The van der Waals surface area contributed by atoms with Crippen LogP contribution >= 0.6 is 0 Å². The fourth-order valence-electron chi connectivity index (χ4n) is 2.04. The third-order valence-electron chi connectivity index (χ3n) is 3.02. The molecule has 0 bridgehead atoms. The quantitative estimate of drug-likeness (QED) is 0.909. The van der Waals surface area contributed by atoms with Crippen LogP contribution in [0, 0.1) is 6.42 Å². The summed E-state index contributed by atoms with van der Waals surface area (Å²) in [6.45, 7) is 0.382. The lowest BCUT2D eigenvalue weighted by Gasteiger charge is -2.13. The Labute approximate surface area is 121 Å². The Morgan fingerprint density at radius 2 is 1.57 bits per heavy atom. The third-order valence-corrected chi connectivity index (χ3v) is 3.02. The van der Waals surface area contributed by atoms with Crippen LogP contribution in [0.3, 0.4) is 0 Å². The monoisotopic (exact) mass is 294 g/mol. The number of hydrogen-bond acceptors (Lipinski definition) is 2. The third kappa shape index (κ3) is 4.49. The van der Waals surface area contributed by atoms with Gasteiger partial charge in [0.2, 0.25) is 0 Å². The van der Waals surface area contributed by atoms with Crippen molar-refractivity contribution in [2.75, 3.05) is 0 Å². The van der Waals surface area contributed by atoms with E-state index in [0.717, 1.165) is 11.1 Å². The molecule has 0 atom stereocenters. The van der Waals surface area contributed by atoms with Crippen molar-refractivity contribution in [2.24, 2.45) is 5.73 Å². The standard InChI is InChI=1S/C16H15F3NO/c17-16(18,19)21-15-8-4-3-6-13(15)10-9-12-5-1-2-7-14(12)11-20/h1-9H,10-11,20H2. The summed E-state index contributed by atoms with van der Waals surface area (Å²) in [6, 6.07) is 13.6. The van der Waals surface area contributed by atoms with Gasteiger partial charge in [-0.3, -0.25) is 0 Å². The molecular formula is C16H15F3NO. The van der Waals surface area contributed by atoms with Gasteiger partial charge < -0.3 is 10.5 Å². The van der Waals surface area contributed by atoms with Crippen molar-refractivity contribution in [3.05, 3.63) is 71.6 Å². The Balaban J connectivity index is 2.13. The zero-order valence-corrected chi connectivity index (χ0v) is 11.2. The molecule has 0 spiro atoms. The van der Waals surface area contributed by atoms with E-state index in [-0.39, 0.29) is 5.75 Å². The molecule has 21 heavy (non-hydrogen) atoms. The lowest BCUT2D eigenvalue weighted by atomic mass is 9.99. The molecule has 2 rings (SSSR count). The van der Waals surface area contributed by atoms with Gasteiger partial charge in [0.15, 0.2) is 0 Å². The molecule has 5 heteroatoms. The van der Waals surface area contributed by atoms with Gasteiger partial charge in [-0.1, -0.05) is 42.5 Å². The zero-order chi connectivity index (χ0) is 15.3. The normalized spacial score (nSPS) is 11.4. The number of hydrogen-bond donors (Lipinski definition) is 1. The van der Waals surface area contributed by atoms with Gasteiger partial charge >= 0.3 is 6.36 Å².